The van der Waals surface area contributed by atoms with Crippen LogP contribution in [0, 0.1) is 0 Å². The average Bonchev–Trinajstić information content (AvgIpc) is 3.73. The fraction of sp³-hybridized carbons (Fsp3) is 0.132. The van der Waals surface area contributed by atoms with E-state index < -0.39 is 5.91 Å². The smallest absolute Gasteiger partial charge is 0.272 e. The highest BCUT2D eigenvalue weighted by atomic mass is 32.2. The first kappa shape index (κ1) is 31.8. The Labute approximate surface area is 281 Å². The molecule has 0 aliphatic carbocycles. The number of benzene rings is 4. The van der Waals surface area contributed by atoms with Crippen molar-refractivity contribution in [3.05, 3.63) is 131 Å². The van der Waals surface area contributed by atoms with E-state index in [9.17, 15) is 14.4 Å². The maximum atomic E-state index is 13.5. The molecule has 3 amide bonds. The van der Waals surface area contributed by atoms with Gasteiger partial charge in [-0.25, -0.2) is 0 Å². The summed E-state index contributed by atoms with van der Waals surface area (Å²) in [7, 11) is 0. The largest absolute Gasteiger partial charge is 0.341 e. The molecule has 9 heteroatoms. The molecule has 0 spiro atoms. The third kappa shape index (κ3) is 7.32. The van der Waals surface area contributed by atoms with Crippen LogP contribution in [0.25, 0.3) is 27.9 Å². The summed E-state index contributed by atoms with van der Waals surface area (Å²) in [6, 6.07) is 34.3. The van der Waals surface area contributed by atoms with E-state index in [0.717, 1.165) is 38.3 Å². The van der Waals surface area contributed by atoms with Crippen molar-refractivity contribution in [1.29, 1.82) is 0 Å². The van der Waals surface area contributed by atoms with E-state index in [2.05, 4.69) is 45.6 Å². The van der Waals surface area contributed by atoms with Gasteiger partial charge in [0.25, 0.3) is 11.8 Å². The van der Waals surface area contributed by atoms with Crippen LogP contribution in [0.2, 0.25) is 0 Å². The summed E-state index contributed by atoms with van der Waals surface area (Å²) in [5.74, 6) is -0.912. The summed E-state index contributed by atoms with van der Waals surface area (Å²) < 4.78 is 2.28. The number of aryl methyl sites for hydroxylation is 1. The van der Waals surface area contributed by atoms with E-state index in [1.807, 2.05) is 73.0 Å². The van der Waals surface area contributed by atoms with Gasteiger partial charge in [0.05, 0.1) is 5.25 Å². The lowest BCUT2D eigenvalue weighted by atomic mass is 10.1. The molecule has 6 aromatic rings. The van der Waals surface area contributed by atoms with Crippen LogP contribution < -0.4 is 16.0 Å². The summed E-state index contributed by atoms with van der Waals surface area (Å²) in [4.78, 5) is 41.5. The van der Waals surface area contributed by atoms with Crippen molar-refractivity contribution in [2.24, 2.45) is 0 Å². The third-order valence-electron chi connectivity index (χ3n) is 7.75. The molecule has 0 aliphatic heterocycles. The standard InChI is InChI=1S/C38H34N4O3S2/c1-3-35(38(45)40-27-19-20-34-31(23-27)30-17-8-9-18-33(30)42(34)4-2)47-29-15-10-14-26(22-29)39-37(44)32(24-28-16-11-21-46-28)41-36(43)25-12-6-5-7-13-25/h5-24,35H,3-4H2,1-2H3,(H,39,44)(H,40,45)(H,41,43)/b32-24-. The number of fused-ring (bicyclic) bond motifs is 3. The van der Waals surface area contributed by atoms with Gasteiger partial charge in [-0.2, -0.15) is 0 Å². The van der Waals surface area contributed by atoms with Gasteiger partial charge in [0.1, 0.15) is 5.70 Å². The number of carbonyl (C=O) groups excluding carboxylic acids is 3. The zero-order valence-electron chi connectivity index (χ0n) is 26.0. The highest BCUT2D eigenvalue weighted by Gasteiger charge is 2.20. The molecule has 4 aromatic carbocycles. The van der Waals surface area contributed by atoms with Gasteiger partial charge >= 0.3 is 0 Å². The van der Waals surface area contributed by atoms with Crippen molar-refractivity contribution in [3.63, 3.8) is 0 Å². The number of nitrogens with zero attached hydrogens (tertiary/aromatic N) is 1. The number of thiophene rings is 1. The Kier molecular flexibility index (Phi) is 9.85. The molecule has 0 saturated heterocycles. The zero-order valence-corrected chi connectivity index (χ0v) is 27.7. The maximum Gasteiger partial charge on any atom is 0.272 e. The summed E-state index contributed by atoms with van der Waals surface area (Å²) in [5.41, 5.74) is 4.20. The minimum absolute atomic E-state index is 0.0877. The second kappa shape index (κ2) is 14.5. The Morgan fingerprint density at radius 2 is 1.55 bits per heavy atom. The minimum atomic E-state index is -0.450. The minimum Gasteiger partial charge on any atom is -0.341 e. The topological polar surface area (TPSA) is 92.2 Å². The number of hydrogen-bond donors (Lipinski definition) is 3. The number of amides is 3. The van der Waals surface area contributed by atoms with E-state index in [-0.39, 0.29) is 22.8 Å². The van der Waals surface area contributed by atoms with Gasteiger partial charge in [-0.1, -0.05) is 55.5 Å². The molecular formula is C38H34N4O3S2. The Bertz CT molecular complexity index is 2080. The predicted molar refractivity (Wildman–Crippen MR) is 195 cm³/mol. The number of para-hydroxylation sites is 1. The first-order valence-electron chi connectivity index (χ1n) is 15.4. The van der Waals surface area contributed by atoms with E-state index in [1.54, 1.807) is 36.4 Å². The van der Waals surface area contributed by atoms with E-state index in [1.165, 1.54) is 28.6 Å². The molecule has 3 N–H and O–H groups in total. The summed E-state index contributed by atoms with van der Waals surface area (Å²) in [5, 5.41) is 12.6. The number of rotatable bonds is 11. The molecule has 2 heterocycles. The summed E-state index contributed by atoms with van der Waals surface area (Å²) in [6.07, 6.45) is 2.28. The van der Waals surface area contributed by atoms with Gasteiger partial charge in [0.2, 0.25) is 5.91 Å². The van der Waals surface area contributed by atoms with Crippen LogP contribution in [0.4, 0.5) is 11.4 Å². The number of nitrogens with one attached hydrogen (secondary N) is 3. The van der Waals surface area contributed by atoms with E-state index in [4.69, 9.17) is 0 Å². The van der Waals surface area contributed by atoms with Crippen molar-refractivity contribution < 1.29 is 14.4 Å². The SMILES string of the molecule is CCC(Sc1cccc(NC(=O)/C(=C/c2cccs2)NC(=O)c2ccccc2)c1)C(=O)Nc1ccc2c(c1)c1ccccc1n2CC. The van der Waals surface area contributed by atoms with Gasteiger partial charge in [-0.05, 0) is 85.5 Å². The van der Waals surface area contributed by atoms with Crippen LogP contribution in [-0.4, -0.2) is 27.5 Å². The quantitative estimate of drug-likeness (QED) is 0.0959. The van der Waals surface area contributed by atoms with Gasteiger partial charge < -0.3 is 20.5 Å². The molecule has 1 unspecified atom stereocenters. The molecule has 47 heavy (non-hydrogen) atoms. The Hall–Kier alpha value is -5.12. The lowest BCUT2D eigenvalue weighted by molar-refractivity contribution is -0.116. The number of hydrogen-bond acceptors (Lipinski definition) is 5. The fourth-order valence-corrected chi connectivity index (χ4v) is 7.16. The second-order valence-electron chi connectivity index (χ2n) is 10.9. The van der Waals surface area contributed by atoms with Crippen molar-refractivity contribution in [2.75, 3.05) is 10.6 Å². The molecule has 0 radical (unpaired) electrons. The first-order chi connectivity index (χ1) is 22.9. The molecule has 1 atom stereocenters. The molecule has 7 nitrogen and oxygen atoms in total. The van der Waals surface area contributed by atoms with Crippen LogP contribution in [-0.2, 0) is 16.1 Å². The number of aromatic nitrogens is 1. The van der Waals surface area contributed by atoms with Gasteiger partial charge in [-0.3, -0.25) is 14.4 Å². The van der Waals surface area contributed by atoms with Crippen molar-refractivity contribution in [3.8, 4) is 0 Å². The van der Waals surface area contributed by atoms with E-state index in [0.29, 0.717) is 17.7 Å². The molecule has 6 rings (SSSR count). The molecule has 0 fully saturated rings. The van der Waals surface area contributed by atoms with Crippen LogP contribution in [0.1, 0.15) is 35.5 Å². The number of anilines is 2. The first-order valence-corrected chi connectivity index (χ1v) is 17.2. The lowest BCUT2D eigenvalue weighted by Crippen LogP contribution is -2.30. The monoisotopic (exact) mass is 658 g/mol. The van der Waals surface area contributed by atoms with E-state index >= 15 is 0 Å². The Morgan fingerprint density at radius 1 is 0.787 bits per heavy atom. The van der Waals surface area contributed by atoms with Gasteiger partial charge in [-0.15, -0.1) is 23.1 Å². The van der Waals surface area contributed by atoms with Crippen LogP contribution in [0.15, 0.2) is 125 Å². The van der Waals surface area contributed by atoms with Crippen molar-refractivity contribution in [2.45, 2.75) is 37.0 Å². The molecule has 0 saturated carbocycles. The molecule has 0 bridgehead atoms. The highest BCUT2D eigenvalue weighted by molar-refractivity contribution is 8.00. The number of thioether (sulfide) groups is 1. The second-order valence-corrected chi connectivity index (χ2v) is 13.1. The lowest BCUT2D eigenvalue weighted by Gasteiger charge is -2.16. The van der Waals surface area contributed by atoms with Crippen molar-refractivity contribution in [1.82, 2.24) is 9.88 Å². The van der Waals surface area contributed by atoms with Gasteiger partial charge in [0.15, 0.2) is 0 Å². The Balaban J connectivity index is 1.16. The van der Waals surface area contributed by atoms with Crippen LogP contribution in [0.3, 0.4) is 0 Å². The zero-order chi connectivity index (χ0) is 32.8. The van der Waals surface area contributed by atoms with Crippen molar-refractivity contribution >= 4 is 80.1 Å². The molecular weight excluding hydrogens is 625 g/mol. The van der Waals surface area contributed by atoms with Gasteiger partial charge in [0, 0.05) is 55.1 Å². The summed E-state index contributed by atoms with van der Waals surface area (Å²) in [6.45, 7) is 4.98. The molecule has 2 aromatic heterocycles. The third-order valence-corrected chi connectivity index (χ3v) is 9.93. The van der Waals surface area contributed by atoms with Crippen LogP contribution >= 0.6 is 23.1 Å². The van der Waals surface area contributed by atoms with Crippen LogP contribution in [0.5, 0.6) is 0 Å². The fourth-order valence-electron chi connectivity index (χ4n) is 5.49. The highest BCUT2D eigenvalue weighted by Crippen LogP contribution is 2.32. The Morgan fingerprint density at radius 3 is 2.32 bits per heavy atom. The number of carbonyl (C=O) groups is 3. The predicted octanol–water partition coefficient (Wildman–Crippen LogP) is 8.79. The molecule has 0 aliphatic rings. The average molecular weight is 659 g/mol. The maximum absolute atomic E-state index is 13.5. The normalized spacial score (nSPS) is 12.2. The molecule has 236 valence electrons. The summed E-state index contributed by atoms with van der Waals surface area (Å²) >= 11 is 2.91.